The number of carbonyl (C=O) groups is 1. The Balaban J connectivity index is 1.90. The van der Waals surface area contributed by atoms with Crippen molar-refractivity contribution in [2.75, 3.05) is 7.05 Å². The summed E-state index contributed by atoms with van der Waals surface area (Å²) in [6.45, 7) is 5.95. The van der Waals surface area contributed by atoms with Crippen LogP contribution in [0.3, 0.4) is 0 Å². The highest BCUT2D eigenvalue weighted by Crippen LogP contribution is 2.52. The molecule has 30 heavy (non-hydrogen) atoms. The third-order valence-electron chi connectivity index (χ3n) is 5.97. The van der Waals surface area contributed by atoms with Crippen LogP contribution in [0.2, 0.25) is 0 Å². The minimum atomic E-state index is -0.801. The molecule has 0 aromatic heterocycles. The third-order valence-corrected chi connectivity index (χ3v) is 7.30. The summed E-state index contributed by atoms with van der Waals surface area (Å²) in [6.07, 6.45) is 6.46. The molecule has 0 saturated heterocycles. The van der Waals surface area contributed by atoms with Crippen LogP contribution in [0.15, 0.2) is 83.6 Å². The Morgan fingerprint density at radius 2 is 2.10 bits per heavy atom. The first-order valence-electron chi connectivity index (χ1n) is 9.80. The number of carbonyl (C=O) groups excluding carboxylic acids is 1. The van der Waals surface area contributed by atoms with Gasteiger partial charge < -0.3 is 10.6 Å². The Bertz CT molecular complexity index is 1160. The van der Waals surface area contributed by atoms with Gasteiger partial charge in [-0.05, 0) is 65.9 Å². The highest BCUT2D eigenvalue weighted by atomic mass is 32.2. The van der Waals surface area contributed by atoms with Crippen LogP contribution in [-0.2, 0) is 10.2 Å². The Labute approximate surface area is 181 Å². The third kappa shape index (κ3) is 3.05. The van der Waals surface area contributed by atoms with Crippen molar-refractivity contribution in [3.63, 3.8) is 0 Å². The molecule has 0 bridgehead atoms. The Hall–Kier alpha value is -3.23. The van der Waals surface area contributed by atoms with Gasteiger partial charge in [-0.15, -0.1) is 11.8 Å². The van der Waals surface area contributed by atoms with E-state index in [2.05, 4.69) is 36.9 Å². The zero-order chi connectivity index (χ0) is 21.5. The van der Waals surface area contributed by atoms with Gasteiger partial charge in [-0.1, -0.05) is 36.9 Å². The van der Waals surface area contributed by atoms with Gasteiger partial charge in [-0.3, -0.25) is 4.79 Å². The number of likely N-dealkylation sites (N-methyl/N-ethyl adjacent to an activating group) is 1. The van der Waals surface area contributed by atoms with E-state index >= 15 is 0 Å². The molecule has 0 radical (unpaired) electrons. The lowest BCUT2D eigenvalue weighted by atomic mass is 9.74. The molecular weight excluding hydrogens is 390 g/mol. The molecule has 5 heteroatoms. The summed E-state index contributed by atoms with van der Waals surface area (Å²) < 4.78 is 0. The summed E-state index contributed by atoms with van der Waals surface area (Å²) in [5, 5.41) is 9.37. The number of thioether (sulfide) groups is 1. The number of allylic oxidation sites excluding steroid dienone is 2. The lowest BCUT2D eigenvalue weighted by molar-refractivity contribution is -0.131. The number of hydrogen-bond acceptors (Lipinski definition) is 4. The standard InChI is InChI=1S/C25H23N3OS/c1-4-17(5-2)22-13-25(14-23(27)28(3)24(25)29)20-12-19(9-10-21(20)30-22)18-8-6-7-16(11-18)15-26/h4-12,14,22H,1,13,27H2,2-3H3/b17-5+. The van der Waals surface area contributed by atoms with Crippen molar-refractivity contribution in [2.24, 2.45) is 5.73 Å². The van der Waals surface area contributed by atoms with Gasteiger partial charge in [0.2, 0.25) is 5.91 Å². The van der Waals surface area contributed by atoms with Gasteiger partial charge in [-0.25, -0.2) is 0 Å². The van der Waals surface area contributed by atoms with E-state index in [-0.39, 0.29) is 11.2 Å². The van der Waals surface area contributed by atoms with Crippen molar-refractivity contribution < 1.29 is 4.79 Å². The van der Waals surface area contributed by atoms with Gasteiger partial charge in [0, 0.05) is 17.2 Å². The maximum atomic E-state index is 13.4. The highest BCUT2D eigenvalue weighted by molar-refractivity contribution is 8.00. The van der Waals surface area contributed by atoms with Crippen LogP contribution >= 0.6 is 11.8 Å². The van der Waals surface area contributed by atoms with Crippen molar-refractivity contribution in [1.82, 2.24) is 4.90 Å². The topological polar surface area (TPSA) is 70.1 Å². The number of nitriles is 1. The zero-order valence-electron chi connectivity index (χ0n) is 17.1. The molecule has 2 heterocycles. The van der Waals surface area contributed by atoms with E-state index in [4.69, 9.17) is 5.73 Å². The van der Waals surface area contributed by atoms with Crippen LogP contribution in [-0.4, -0.2) is 23.1 Å². The van der Waals surface area contributed by atoms with Crippen LogP contribution in [0.5, 0.6) is 0 Å². The molecule has 2 aliphatic rings. The summed E-state index contributed by atoms with van der Waals surface area (Å²) in [6, 6.07) is 15.9. The molecule has 2 aliphatic heterocycles. The average Bonchev–Trinajstić information content (AvgIpc) is 2.98. The van der Waals surface area contributed by atoms with Crippen molar-refractivity contribution in [1.29, 1.82) is 5.26 Å². The smallest absolute Gasteiger partial charge is 0.242 e. The molecule has 2 N–H and O–H groups in total. The second-order valence-electron chi connectivity index (χ2n) is 7.61. The Morgan fingerprint density at radius 3 is 2.73 bits per heavy atom. The number of benzene rings is 2. The fraction of sp³-hybridized carbons (Fsp3) is 0.200. The van der Waals surface area contributed by atoms with Crippen LogP contribution < -0.4 is 5.73 Å². The number of nitrogens with two attached hydrogens (primary N) is 1. The second kappa shape index (κ2) is 7.55. The quantitative estimate of drug-likeness (QED) is 0.739. The Kier molecular flexibility index (Phi) is 5.05. The summed E-state index contributed by atoms with van der Waals surface area (Å²) in [7, 11) is 1.73. The maximum absolute atomic E-state index is 13.4. The van der Waals surface area contributed by atoms with Crippen molar-refractivity contribution in [2.45, 2.75) is 28.9 Å². The number of nitrogens with zero attached hydrogens (tertiary/aromatic N) is 2. The first kappa shape index (κ1) is 20.1. The summed E-state index contributed by atoms with van der Waals surface area (Å²) >= 11 is 1.76. The predicted molar refractivity (Wildman–Crippen MR) is 122 cm³/mol. The molecule has 0 saturated carbocycles. The molecule has 2 atom stereocenters. The van der Waals surface area contributed by atoms with Gasteiger partial charge in [0.05, 0.1) is 17.0 Å². The molecular formula is C25H23N3OS. The predicted octanol–water partition coefficient (Wildman–Crippen LogP) is 4.73. The van der Waals surface area contributed by atoms with Gasteiger partial charge in [0.25, 0.3) is 0 Å². The lowest BCUT2D eigenvalue weighted by Gasteiger charge is -2.38. The molecule has 1 amide bonds. The summed E-state index contributed by atoms with van der Waals surface area (Å²) in [4.78, 5) is 16.1. The molecule has 2 aromatic carbocycles. The molecule has 0 aliphatic carbocycles. The van der Waals surface area contributed by atoms with E-state index in [9.17, 15) is 10.1 Å². The first-order valence-corrected chi connectivity index (χ1v) is 10.7. The van der Waals surface area contributed by atoms with Gasteiger partial charge in [0.1, 0.15) is 5.82 Å². The highest BCUT2D eigenvalue weighted by Gasteiger charge is 2.51. The van der Waals surface area contributed by atoms with E-state index in [0.29, 0.717) is 17.8 Å². The zero-order valence-corrected chi connectivity index (χ0v) is 17.9. The number of hydrogen-bond donors (Lipinski definition) is 1. The van der Waals surface area contributed by atoms with Gasteiger partial charge in [-0.2, -0.15) is 5.26 Å². The molecule has 1 spiro atoms. The Morgan fingerprint density at radius 1 is 1.33 bits per heavy atom. The number of amides is 1. The van der Waals surface area contributed by atoms with Crippen molar-refractivity contribution in [3.8, 4) is 17.2 Å². The van der Waals surface area contributed by atoms with E-state index in [1.165, 1.54) is 0 Å². The minimum Gasteiger partial charge on any atom is -0.385 e. The van der Waals surface area contributed by atoms with Gasteiger partial charge in [0.15, 0.2) is 0 Å². The van der Waals surface area contributed by atoms with Gasteiger partial charge >= 0.3 is 0 Å². The van der Waals surface area contributed by atoms with Crippen molar-refractivity contribution in [3.05, 3.63) is 89.8 Å². The number of rotatable bonds is 3. The molecule has 4 nitrogen and oxygen atoms in total. The molecule has 2 aromatic rings. The molecule has 150 valence electrons. The fourth-order valence-electron chi connectivity index (χ4n) is 4.31. The van der Waals surface area contributed by atoms with E-state index in [1.807, 2.05) is 37.3 Å². The summed E-state index contributed by atoms with van der Waals surface area (Å²) in [5.41, 5.74) is 10.0. The van der Waals surface area contributed by atoms with Crippen LogP contribution in [0, 0.1) is 11.3 Å². The van der Waals surface area contributed by atoms with E-state index < -0.39 is 5.41 Å². The van der Waals surface area contributed by atoms with Crippen molar-refractivity contribution >= 4 is 17.7 Å². The lowest BCUT2D eigenvalue weighted by Crippen LogP contribution is -2.42. The van der Waals surface area contributed by atoms with E-state index in [1.54, 1.807) is 29.8 Å². The van der Waals surface area contributed by atoms with Crippen LogP contribution in [0.1, 0.15) is 24.5 Å². The normalized spacial score (nSPS) is 23.2. The number of fused-ring (bicyclic) bond motifs is 2. The van der Waals surface area contributed by atoms with Crippen LogP contribution in [0.25, 0.3) is 11.1 Å². The van der Waals surface area contributed by atoms with E-state index in [0.717, 1.165) is 27.2 Å². The first-order chi connectivity index (χ1) is 14.4. The summed E-state index contributed by atoms with van der Waals surface area (Å²) in [5.74, 6) is 0.475. The fourth-order valence-corrected chi connectivity index (χ4v) is 5.85. The second-order valence-corrected chi connectivity index (χ2v) is 8.86. The largest absolute Gasteiger partial charge is 0.385 e. The molecule has 4 rings (SSSR count). The average molecular weight is 414 g/mol. The monoisotopic (exact) mass is 413 g/mol. The molecule has 2 unspecified atom stereocenters. The SMILES string of the molecule is C=C/C(=C\C)C1CC2(C=C(N)N(C)C2=O)c2cc(-c3cccc(C#N)c3)ccc2S1. The van der Waals surface area contributed by atoms with Crippen LogP contribution in [0.4, 0.5) is 0 Å². The minimum absolute atomic E-state index is 0.00556. The maximum Gasteiger partial charge on any atom is 0.242 e. The molecule has 0 fully saturated rings.